The SMILES string of the molecule is Cc1cc(C)n(-c2cc(N3CCNC(C(N)=O)C3)nc(Nc3ccc(F)cc3F)n2)n1.Cc1cc(C)n(-c2cc(N3CCNC(C(N)=O)C3)nc(S(C)(=O)=O)n2)n1.Nc1ccc(F)cc1F. The smallest absolute Gasteiger partial charge is 0.250 e. The maximum absolute atomic E-state index is 14.2. The molecule has 2 atom stereocenters. The fraction of sp³-hybridized carbons (Fsp3) is 0.317. The number of aryl methyl sites for hydroxylation is 4. The number of nitrogens with one attached hydrogen (secondary N) is 3. The van der Waals surface area contributed by atoms with Gasteiger partial charge in [-0.05, 0) is 64.1 Å². The maximum atomic E-state index is 14.2. The highest BCUT2D eigenvalue weighted by molar-refractivity contribution is 7.90. The standard InChI is InChI=1S/C20H22F2N8O.C15H21N7O3S.C6H5F2N/c1-11-7-12(2)30(28-11)18-9-17(29-6-5-24-16(10-29)19(23)31)26-20(27-18)25-15-4-3-13(21)8-14(15)22;1-9-6-10(2)22(20-9)13-7-12(18-15(19-13)26(3,24)25)21-5-4-17-11(8-21)14(16)23;7-4-1-2-6(9)5(8)3-4/h3-4,7-9,16,24H,5-6,10H2,1-2H3,(H2,23,31)(H,25,26,27);6-7,11,17H,4-5,8H2,1-3H3,(H2,16,23);1-3H,9H2. The molecule has 66 heavy (non-hydrogen) atoms. The summed E-state index contributed by atoms with van der Waals surface area (Å²) in [5.74, 6) is -1.82. The number of amides is 2. The summed E-state index contributed by atoms with van der Waals surface area (Å²) >= 11 is 0. The van der Waals surface area contributed by atoms with Crippen LogP contribution in [0.2, 0.25) is 0 Å². The van der Waals surface area contributed by atoms with E-state index in [1.165, 1.54) is 12.1 Å². The number of sulfone groups is 1. The molecule has 6 heterocycles. The second kappa shape index (κ2) is 20.3. The molecule has 6 aromatic rings. The van der Waals surface area contributed by atoms with E-state index >= 15 is 0 Å². The second-order valence-electron chi connectivity index (χ2n) is 15.4. The zero-order valence-electron chi connectivity index (χ0n) is 36.4. The molecule has 0 spiro atoms. The van der Waals surface area contributed by atoms with Crippen molar-refractivity contribution in [2.24, 2.45) is 11.5 Å². The summed E-state index contributed by atoms with van der Waals surface area (Å²) in [7, 11) is -3.63. The third-order valence-corrected chi connectivity index (χ3v) is 10.8. The van der Waals surface area contributed by atoms with Gasteiger partial charge < -0.3 is 43.0 Å². The Bertz CT molecular complexity index is 2860. The number of nitrogens with two attached hydrogens (primary N) is 3. The van der Waals surface area contributed by atoms with Crippen LogP contribution in [-0.2, 0) is 19.4 Å². The molecule has 2 fully saturated rings. The third kappa shape index (κ3) is 12.1. The van der Waals surface area contributed by atoms with E-state index in [1.807, 2.05) is 49.6 Å². The molecule has 9 N–H and O–H groups in total. The average molecular weight is 937 g/mol. The molecule has 2 amide bonds. The molecule has 0 radical (unpaired) electrons. The Labute approximate surface area is 376 Å². The van der Waals surface area contributed by atoms with Crippen molar-refractivity contribution < 1.29 is 35.6 Å². The number of nitrogens with zero attached hydrogens (tertiary/aromatic N) is 10. The summed E-state index contributed by atoms with van der Waals surface area (Å²) in [4.78, 5) is 44.2. The Kier molecular flexibility index (Phi) is 14.8. The van der Waals surface area contributed by atoms with Gasteiger partial charge >= 0.3 is 0 Å². The van der Waals surface area contributed by atoms with Crippen molar-refractivity contribution in [3.63, 3.8) is 0 Å². The van der Waals surface area contributed by atoms with E-state index in [0.29, 0.717) is 62.5 Å². The molecule has 2 unspecified atom stereocenters. The second-order valence-corrected chi connectivity index (χ2v) is 17.3. The number of aromatic nitrogens is 8. The number of anilines is 5. The minimum Gasteiger partial charge on any atom is -0.396 e. The molecule has 2 saturated heterocycles. The minimum atomic E-state index is -3.63. The summed E-state index contributed by atoms with van der Waals surface area (Å²) < 4.78 is 79.0. The van der Waals surface area contributed by atoms with Crippen LogP contribution in [0.3, 0.4) is 0 Å². The molecule has 25 heteroatoms. The summed E-state index contributed by atoms with van der Waals surface area (Å²) in [6.07, 6.45) is 1.06. The van der Waals surface area contributed by atoms with E-state index in [0.717, 1.165) is 53.3 Å². The minimum absolute atomic E-state index is 0.0311. The molecule has 4 aromatic heterocycles. The van der Waals surface area contributed by atoms with Crippen molar-refractivity contribution in [2.45, 2.75) is 44.9 Å². The van der Waals surface area contributed by atoms with E-state index < -0.39 is 57.0 Å². The number of benzene rings is 2. The number of carbonyl (C=O) groups excluding carboxylic acids is 2. The van der Waals surface area contributed by atoms with Gasteiger partial charge in [0.1, 0.15) is 47.0 Å². The van der Waals surface area contributed by atoms with Gasteiger partial charge in [-0.3, -0.25) is 9.59 Å². The molecule has 0 aliphatic carbocycles. The summed E-state index contributed by atoms with van der Waals surface area (Å²) in [6, 6.07) is 12.4. The fourth-order valence-corrected chi connectivity index (χ4v) is 7.34. The zero-order chi connectivity index (χ0) is 48.0. The lowest BCUT2D eigenvalue weighted by Gasteiger charge is -2.33. The molecular weight excluding hydrogens is 889 g/mol. The van der Waals surface area contributed by atoms with Gasteiger partial charge in [0.05, 0.1) is 22.8 Å². The average Bonchev–Trinajstić information content (AvgIpc) is 3.80. The lowest BCUT2D eigenvalue weighted by molar-refractivity contribution is -0.120. The third-order valence-electron chi connectivity index (χ3n) is 9.99. The van der Waals surface area contributed by atoms with E-state index in [4.69, 9.17) is 17.2 Å². The highest BCUT2D eigenvalue weighted by atomic mass is 32.2. The monoisotopic (exact) mass is 936 g/mol. The molecule has 2 aliphatic heterocycles. The van der Waals surface area contributed by atoms with Gasteiger partial charge in [-0.1, -0.05) is 0 Å². The first-order valence-corrected chi connectivity index (χ1v) is 22.1. The van der Waals surface area contributed by atoms with Crippen LogP contribution in [-0.4, -0.2) is 117 Å². The molecule has 0 saturated carbocycles. The largest absolute Gasteiger partial charge is 0.396 e. The first kappa shape index (κ1) is 48.2. The number of nitrogen functional groups attached to an aromatic ring is 1. The number of rotatable bonds is 9. The fourth-order valence-electron chi connectivity index (χ4n) is 6.82. The molecular formula is C41H48F4N16O4S. The molecule has 2 aliphatic rings. The number of carbonyl (C=O) groups is 2. The van der Waals surface area contributed by atoms with Gasteiger partial charge in [0.25, 0.3) is 5.16 Å². The number of halogens is 4. The van der Waals surface area contributed by atoms with Crippen LogP contribution in [0.5, 0.6) is 0 Å². The highest BCUT2D eigenvalue weighted by Gasteiger charge is 2.28. The summed E-state index contributed by atoms with van der Waals surface area (Å²) in [6.45, 7) is 10.3. The predicted octanol–water partition coefficient (Wildman–Crippen LogP) is 2.06. The number of piperazine rings is 2. The van der Waals surface area contributed by atoms with Crippen LogP contribution in [0, 0.1) is 51.0 Å². The van der Waals surface area contributed by atoms with Crippen molar-refractivity contribution >= 4 is 50.6 Å². The van der Waals surface area contributed by atoms with Crippen LogP contribution in [0.1, 0.15) is 22.8 Å². The van der Waals surface area contributed by atoms with Crippen LogP contribution in [0.15, 0.2) is 65.8 Å². The maximum Gasteiger partial charge on any atom is 0.250 e. The van der Waals surface area contributed by atoms with E-state index in [-0.39, 0.29) is 22.5 Å². The van der Waals surface area contributed by atoms with Gasteiger partial charge in [-0.25, -0.2) is 40.3 Å². The van der Waals surface area contributed by atoms with Gasteiger partial charge in [0.15, 0.2) is 11.6 Å². The molecule has 8 rings (SSSR count). The van der Waals surface area contributed by atoms with Crippen molar-refractivity contribution in [3.05, 3.63) is 107 Å². The topological polar surface area (TPSA) is 276 Å². The summed E-state index contributed by atoms with van der Waals surface area (Å²) in [5, 5.41) is 17.4. The van der Waals surface area contributed by atoms with E-state index in [2.05, 4.69) is 46.1 Å². The van der Waals surface area contributed by atoms with Gasteiger partial charge in [0.2, 0.25) is 27.6 Å². The summed E-state index contributed by atoms with van der Waals surface area (Å²) in [5.41, 5.74) is 19.2. The number of hydrogen-bond acceptors (Lipinski definition) is 16. The first-order valence-electron chi connectivity index (χ1n) is 20.2. The Morgan fingerprint density at radius 3 is 1.56 bits per heavy atom. The first-order chi connectivity index (χ1) is 31.1. The molecule has 0 bridgehead atoms. The molecule has 20 nitrogen and oxygen atoms in total. The quantitative estimate of drug-likeness (QED) is 0.0688. The normalized spacial score (nSPS) is 16.1. The Balaban J connectivity index is 0.000000186. The van der Waals surface area contributed by atoms with Crippen molar-refractivity contribution in [1.29, 1.82) is 0 Å². The van der Waals surface area contributed by atoms with E-state index in [9.17, 15) is 35.6 Å². The van der Waals surface area contributed by atoms with Crippen LogP contribution < -0.4 is 43.0 Å². The predicted molar refractivity (Wildman–Crippen MR) is 237 cm³/mol. The van der Waals surface area contributed by atoms with E-state index in [1.54, 1.807) is 21.5 Å². The number of primary amides is 2. The highest BCUT2D eigenvalue weighted by Crippen LogP contribution is 2.25. The van der Waals surface area contributed by atoms with Crippen LogP contribution >= 0.6 is 0 Å². The Morgan fingerprint density at radius 2 is 1.12 bits per heavy atom. The molecule has 350 valence electrons. The lowest BCUT2D eigenvalue weighted by atomic mass is 10.2. The lowest BCUT2D eigenvalue weighted by Crippen LogP contribution is -2.56. The molecule has 2 aromatic carbocycles. The van der Waals surface area contributed by atoms with Crippen molar-refractivity contribution in [3.8, 4) is 11.6 Å². The zero-order valence-corrected chi connectivity index (χ0v) is 37.2. The van der Waals surface area contributed by atoms with Gasteiger partial charge in [0, 0.05) is 81.2 Å². The van der Waals surface area contributed by atoms with Crippen LogP contribution in [0.4, 0.5) is 46.5 Å². The van der Waals surface area contributed by atoms with Crippen LogP contribution in [0.25, 0.3) is 11.6 Å². The number of hydrogen-bond donors (Lipinski definition) is 6. The van der Waals surface area contributed by atoms with Crippen molar-refractivity contribution in [2.75, 3.05) is 66.4 Å². The Morgan fingerprint density at radius 1 is 0.667 bits per heavy atom. The van der Waals surface area contributed by atoms with Crippen molar-refractivity contribution in [1.82, 2.24) is 50.1 Å². The Hall–Kier alpha value is -7.25. The van der Waals surface area contributed by atoms with Gasteiger partial charge in [-0.2, -0.15) is 25.1 Å². The van der Waals surface area contributed by atoms with Gasteiger partial charge in [-0.15, -0.1) is 0 Å².